The van der Waals surface area contributed by atoms with Gasteiger partial charge in [-0.05, 0) is 73.5 Å². The van der Waals surface area contributed by atoms with E-state index in [9.17, 15) is 14.4 Å². The first kappa shape index (κ1) is 24.6. The molecule has 0 aromatic heterocycles. The number of halogens is 1. The SMILES string of the molecule is O=C(Nc1ccc(Nc2ccccc2)cc1)c1ccc(NC2=C(Cl)C(=O)N(C3CCCCC3)C2=O)cc1. The van der Waals surface area contributed by atoms with Gasteiger partial charge in [0.1, 0.15) is 10.7 Å². The van der Waals surface area contributed by atoms with Crippen LogP contribution in [0.4, 0.5) is 22.7 Å². The van der Waals surface area contributed by atoms with Crippen molar-refractivity contribution >= 4 is 52.1 Å². The standard InChI is InChI=1S/C29H27ClN4O3/c30-25-26(29(37)34(28(25)36)24-9-5-2-6-10-24)32-22-13-11-19(12-14-22)27(35)33-23-17-15-21(16-18-23)31-20-7-3-1-4-8-20/h1,3-4,7-8,11-18,24,31-32H,2,5-6,9-10H2,(H,33,35). The van der Waals surface area contributed by atoms with E-state index in [2.05, 4.69) is 16.0 Å². The van der Waals surface area contributed by atoms with Crippen LogP contribution < -0.4 is 16.0 Å². The van der Waals surface area contributed by atoms with Crippen LogP contribution in [0.2, 0.25) is 0 Å². The largest absolute Gasteiger partial charge is 0.356 e. The average molecular weight is 515 g/mol. The molecule has 3 aromatic rings. The van der Waals surface area contributed by atoms with Gasteiger partial charge < -0.3 is 16.0 Å². The van der Waals surface area contributed by atoms with Gasteiger partial charge in [0.15, 0.2) is 0 Å². The Kier molecular flexibility index (Phi) is 7.23. The molecular weight excluding hydrogens is 488 g/mol. The van der Waals surface area contributed by atoms with Crippen LogP contribution in [0.5, 0.6) is 0 Å². The molecule has 2 aliphatic rings. The summed E-state index contributed by atoms with van der Waals surface area (Å²) in [4.78, 5) is 39.7. The highest BCUT2D eigenvalue weighted by Crippen LogP contribution is 2.32. The molecule has 0 bridgehead atoms. The molecule has 1 fully saturated rings. The molecule has 3 amide bonds. The van der Waals surface area contributed by atoms with Crippen molar-refractivity contribution in [2.75, 3.05) is 16.0 Å². The molecule has 7 nitrogen and oxygen atoms in total. The number of amides is 3. The number of hydrogen-bond acceptors (Lipinski definition) is 5. The molecular formula is C29H27ClN4O3. The molecule has 0 atom stereocenters. The van der Waals surface area contributed by atoms with E-state index >= 15 is 0 Å². The number of benzene rings is 3. The lowest BCUT2D eigenvalue weighted by molar-refractivity contribution is -0.140. The lowest BCUT2D eigenvalue weighted by Gasteiger charge is -2.29. The Morgan fingerprint density at radius 2 is 1.27 bits per heavy atom. The Bertz CT molecular complexity index is 1330. The molecule has 1 saturated carbocycles. The second-order valence-corrected chi connectivity index (χ2v) is 9.56. The molecule has 1 heterocycles. The Morgan fingerprint density at radius 3 is 1.95 bits per heavy atom. The van der Waals surface area contributed by atoms with Gasteiger partial charge in [-0.15, -0.1) is 0 Å². The fraction of sp³-hybridized carbons (Fsp3) is 0.207. The molecule has 3 aromatic carbocycles. The molecule has 0 saturated heterocycles. The maximum Gasteiger partial charge on any atom is 0.279 e. The number of nitrogens with zero attached hydrogens (tertiary/aromatic N) is 1. The number of para-hydroxylation sites is 1. The lowest BCUT2D eigenvalue weighted by Crippen LogP contribution is -2.42. The maximum atomic E-state index is 13.0. The molecule has 188 valence electrons. The summed E-state index contributed by atoms with van der Waals surface area (Å²) in [6.45, 7) is 0. The van der Waals surface area contributed by atoms with Crippen LogP contribution in [-0.4, -0.2) is 28.7 Å². The third kappa shape index (κ3) is 5.52. The maximum absolute atomic E-state index is 13.0. The zero-order valence-corrected chi connectivity index (χ0v) is 20.9. The molecule has 1 aliphatic carbocycles. The van der Waals surface area contributed by atoms with E-state index in [4.69, 9.17) is 11.6 Å². The Morgan fingerprint density at radius 1 is 0.703 bits per heavy atom. The third-order valence-corrected chi connectivity index (χ3v) is 6.97. The fourth-order valence-corrected chi connectivity index (χ4v) is 4.90. The number of nitrogens with one attached hydrogen (secondary N) is 3. The van der Waals surface area contributed by atoms with E-state index < -0.39 is 11.8 Å². The predicted octanol–water partition coefficient (Wildman–Crippen LogP) is 6.25. The molecule has 37 heavy (non-hydrogen) atoms. The summed E-state index contributed by atoms with van der Waals surface area (Å²) in [7, 11) is 0. The molecule has 1 aliphatic heterocycles. The van der Waals surface area contributed by atoms with Gasteiger partial charge in [0.2, 0.25) is 0 Å². The van der Waals surface area contributed by atoms with Crippen LogP contribution in [-0.2, 0) is 9.59 Å². The molecule has 8 heteroatoms. The van der Waals surface area contributed by atoms with Crippen LogP contribution >= 0.6 is 11.6 Å². The van der Waals surface area contributed by atoms with Crippen molar-refractivity contribution in [2.45, 2.75) is 38.1 Å². The fourth-order valence-electron chi connectivity index (χ4n) is 4.68. The normalized spacial score (nSPS) is 16.2. The van der Waals surface area contributed by atoms with Crippen molar-refractivity contribution in [3.8, 4) is 0 Å². The van der Waals surface area contributed by atoms with Crippen molar-refractivity contribution < 1.29 is 14.4 Å². The minimum Gasteiger partial charge on any atom is -0.356 e. The van der Waals surface area contributed by atoms with Crippen molar-refractivity contribution in [3.05, 3.63) is 95.2 Å². The van der Waals surface area contributed by atoms with Gasteiger partial charge in [0.25, 0.3) is 17.7 Å². The highest BCUT2D eigenvalue weighted by molar-refractivity contribution is 6.48. The number of rotatable bonds is 7. The van der Waals surface area contributed by atoms with E-state index in [0.29, 0.717) is 16.9 Å². The van der Waals surface area contributed by atoms with Crippen molar-refractivity contribution in [3.63, 3.8) is 0 Å². The second kappa shape index (κ2) is 10.9. The summed E-state index contributed by atoms with van der Waals surface area (Å²) < 4.78 is 0. The van der Waals surface area contributed by atoms with Gasteiger partial charge in [-0.1, -0.05) is 49.1 Å². The quantitative estimate of drug-likeness (QED) is 0.324. The minimum absolute atomic E-state index is 0.0821. The monoisotopic (exact) mass is 514 g/mol. The molecule has 3 N–H and O–H groups in total. The summed E-state index contributed by atoms with van der Waals surface area (Å²) >= 11 is 6.25. The number of imide groups is 1. The Balaban J connectivity index is 1.19. The molecule has 0 unspecified atom stereocenters. The topological polar surface area (TPSA) is 90.5 Å². The minimum atomic E-state index is -0.443. The van der Waals surface area contributed by atoms with E-state index in [1.165, 1.54) is 4.90 Å². The summed E-state index contributed by atoms with van der Waals surface area (Å²) in [5.41, 5.74) is 3.66. The van der Waals surface area contributed by atoms with Gasteiger partial charge in [-0.2, -0.15) is 0 Å². The van der Waals surface area contributed by atoms with E-state index in [0.717, 1.165) is 43.5 Å². The average Bonchev–Trinajstić information content (AvgIpc) is 3.14. The number of carbonyl (C=O) groups is 3. The Hall–Kier alpha value is -4.10. The first-order chi connectivity index (χ1) is 18.0. The van der Waals surface area contributed by atoms with Crippen molar-refractivity contribution in [1.29, 1.82) is 0 Å². The summed E-state index contributed by atoms with van der Waals surface area (Å²) in [6.07, 6.45) is 4.74. The van der Waals surface area contributed by atoms with Gasteiger partial charge in [-0.3, -0.25) is 19.3 Å². The van der Waals surface area contributed by atoms with Gasteiger partial charge in [0.05, 0.1) is 0 Å². The molecule has 5 rings (SSSR count). The van der Waals surface area contributed by atoms with Crippen LogP contribution in [0, 0.1) is 0 Å². The first-order valence-corrected chi connectivity index (χ1v) is 12.8. The number of anilines is 4. The van der Waals surface area contributed by atoms with Gasteiger partial charge in [-0.25, -0.2) is 0 Å². The molecule has 0 spiro atoms. The van der Waals surface area contributed by atoms with Crippen LogP contribution in [0.3, 0.4) is 0 Å². The third-order valence-electron chi connectivity index (χ3n) is 6.62. The number of carbonyl (C=O) groups excluding carboxylic acids is 3. The predicted molar refractivity (Wildman–Crippen MR) is 146 cm³/mol. The first-order valence-electron chi connectivity index (χ1n) is 12.4. The molecule has 0 radical (unpaired) electrons. The second-order valence-electron chi connectivity index (χ2n) is 9.19. The van der Waals surface area contributed by atoms with Crippen LogP contribution in [0.25, 0.3) is 0 Å². The van der Waals surface area contributed by atoms with E-state index in [-0.39, 0.29) is 22.7 Å². The highest BCUT2D eigenvalue weighted by atomic mass is 35.5. The van der Waals surface area contributed by atoms with Crippen molar-refractivity contribution in [1.82, 2.24) is 4.90 Å². The van der Waals surface area contributed by atoms with E-state index in [1.54, 1.807) is 24.3 Å². The number of hydrogen-bond donors (Lipinski definition) is 3. The van der Waals surface area contributed by atoms with Crippen LogP contribution in [0.15, 0.2) is 89.6 Å². The lowest BCUT2D eigenvalue weighted by atomic mass is 9.94. The highest BCUT2D eigenvalue weighted by Gasteiger charge is 2.42. The summed E-state index contributed by atoms with van der Waals surface area (Å²) in [6, 6.07) is 23.8. The summed E-state index contributed by atoms with van der Waals surface area (Å²) in [5.74, 6) is -1.10. The van der Waals surface area contributed by atoms with Gasteiger partial charge in [0, 0.05) is 34.4 Å². The Labute approximate surface area is 220 Å². The van der Waals surface area contributed by atoms with E-state index in [1.807, 2.05) is 54.6 Å². The van der Waals surface area contributed by atoms with Crippen molar-refractivity contribution in [2.24, 2.45) is 0 Å². The van der Waals surface area contributed by atoms with Gasteiger partial charge >= 0.3 is 0 Å². The zero-order chi connectivity index (χ0) is 25.8. The smallest absolute Gasteiger partial charge is 0.279 e. The van der Waals surface area contributed by atoms with Crippen LogP contribution in [0.1, 0.15) is 42.5 Å². The zero-order valence-electron chi connectivity index (χ0n) is 20.2. The summed E-state index contributed by atoms with van der Waals surface area (Å²) in [5, 5.41) is 9.07.